The van der Waals surface area contributed by atoms with Gasteiger partial charge in [-0.25, -0.2) is 4.98 Å². The van der Waals surface area contributed by atoms with Gasteiger partial charge in [0, 0.05) is 32.6 Å². The van der Waals surface area contributed by atoms with Gasteiger partial charge in [0.1, 0.15) is 11.1 Å². The highest BCUT2D eigenvalue weighted by molar-refractivity contribution is 14.0. The topological polar surface area (TPSA) is 53.0 Å². The van der Waals surface area contributed by atoms with Crippen molar-refractivity contribution in [2.45, 2.75) is 59.6 Å². The van der Waals surface area contributed by atoms with Crippen LogP contribution >= 0.6 is 35.3 Å². The van der Waals surface area contributed by atoms with Gasteiger partial charge in [-0.15, -0.1) is 35.3 Å². The summed E-state index contributed by atoms with van der Waals surface area (Å²) in [5.74, 6) is 0.948. The Kier molecular flexibility index (Phi) is 16.1. The molecule has 0 aliphatic carbocycles. The number of ether oxygens (including phenoxy) is 1. The molecule has 0 saturated carbocycles. The number of aromatic nitrogens is 1. The smallest absolute Gasteiger partial charge is 0.194 e. The van der Waals surface area contributed by atoms with Gasteiger partial charge in [-0.1, -0.05) is 13.8 Å². The van der Waals surface area contributed by atoms with Gasteiger partial charge in [0.05, 0.1) is 12.2 Å². The maximum Gasteiger partial charge on any atom is 0.194 e. The maximum atomic E-state index is 5.35. The summed E-state index contributed by atoms with van der Waals surface area (Å²) >= 11 is 1.65. The first-order valence-corrected chi connectivity index (χ1v) is 11.1. The van der Waals surface area contributed by atoms with Crippen molar-refractivity contribution in [3.8, 4) is 0 Å². The van der Waals surface area contributed by atoms with Gasteiger partial charge in [-0.2, -0.15) is 0 Å². The number of methoxy groups -OCH3 is 1. The number of rotatable bonds is 13. The van der Waals surface area contributed by atoms with Crippen molar-refractivity contribution in [2.75, 3.05) is 46.9 Å². The highest BCUT2D eigenvalue weighted by Gasteiger charge is 2.12. The normalized spacial score (nSPS) is 12.8. The number of nitrogens with one attached hydrogen (secondary N) is 1. The van der Waals surface area contributed by atoms with Gasteiger partial charge >= 0.3 is 0 Å². The molecule has 0 amide bonds. The molecule has 0 saturated heterocycles. The predicted molar refractivity (Wildman–Crippen MR) is 132 cm³/mol. The molecule has 6 nitrogen and oxygen atoms in total. The fraction of sp³-hybridized carbons (Fsp3) is 0.800. The lowest BCUT2D eigenvalue weighted by Crippen LogP contribution is -2.38. The summed E-state index contributed by atoms with van der Waals surface area (Å²) in [6.07, 6.45) is 3.57. The van der Waals surface area contributed by atoms with E-state index < -0.39 is 0 Å². The Morgan fingerprint density at radius 1 is 1.25 bits per heavy atom. The maximum absolute atomic E-state index is 5.35. The molecule has 0 spiro atoms. The molecule has 0 radical (unpaired) electrons. The van der Waals surface area contributed by atoms with E-state index in [1.807, 2.05) is 6.92 Å². The molecule has 1 rings (SSSR count). The number of halogens is 1. The van der Waals surface area contributed by atoms with E-state index in [0.717, 1.165) is 49.3 Å². The molecule has 1 heterocycles. The lowest BCUT2D eigenvalue weighted by atomic mass is 10.3. The van der Waals surface area contributed by atoms with Crippen LogP contribution in [-0.2, 0) is 11.3 Å². The van der Waals surface area contributed by atoms with Crippen LogP contribution in [0, 0.1) is 0 Å². The Balaban J connectivity index is 0.00000729. The van der Waals surface area contributed by atoms with Crippen LogP contribution in [0.2, 0.25) is 0 Å². The van der Waals surface area contributed by atoms with Crippen molar-refractivity contribution in [3.05, 3.63) is 16.1 Å². The van der Waals surface area contributed by atoms with E-state index in [4.69, 9.17) is 9.73 Å². The van der Waals surface area contributed by atoms with E-state index in [1.165, 1.54) is 25.9 Å². The quantitative estimate of drug-likeness (QED) is 0.179. The van der Waals surface area contributed by atoms with Crippen LogP contribution in [0.5, 0.6) is 0 Å². The molecule has 1 aromatic heterocycles. The highest BCUT2D eigenvalue weighted by Crippen LogP contribution is 2.20. The molecule has 164 valence electrons. The minimum atomic E-state index is 0. The number of aliphatic imine (C=N–C) groups is 1. The Hall–Kier alpha value is -0.450. The first-order valence-electron chi connectivity index (χ1n) is 10.2. The first kappa shape index (κ1) is 27.5. The molecule has 1 aromatic rings. The monoisotopic (exact) mass is 525 g/mol. The van der Waals surface area contributed by atoms with Gasteiger partial charge in [-0.05, 0) is 52.7 Å². The average Bonchev–Trinajstić information content (AvgIpc) is 3.12. The van der Waals surface area contributed by atoms with E-state index in [2.05, 4.69) is 53.3 Å². The minimum Gasteiger partial charge on any atom is -0.375 e. The Morgan fingerprint density at radius 3 is 2.50 bits per heavy atom. The average molecular weight is 526 g/mol. The standard InChI is InChI=1S/C20H39N5OS.HI/c1-7-12-25(13-8-2)14-10-11-22-20(21-9-3)24(5)15-18-16-27-19(23-18)17(4)26-6;/h16-17H,7-15H2,1-6H3,(H,21,22);1H. The Bertz CT molecular complexity index is 534. The molecule has 0 aromatic carbocycles. The fourth-order valence-corrected chi connectivity index (χ4v) is 3.76. The van der Waals surface area contributed by atoms with Crippen LogP contribution in [0.15, 0.2) is 10.4 Å². The van der Waals surface area contributed by atoms with Crippen LogP contribution < -0.4 is 5.32 Å². The zero-order valence-electron chi connectivity index (χ0n) is 18.5. The third-order valence-corrected chi connectivity index (χ3v) is 5.39. The summed E-state index contributed by atoms with van der Waals surface area (Å²) in [5, 5.41) is 6.53. The lowest BCUT2D eigenvalue weighted by Gasteiger charge is -2.22. The molecule has 0 bridgehead atoms. The second kappa shape index (κ2) is 16.4. The molecule has 1 atom stereocenters. The largest absolute Gasteiger partial charge is 0.375 e. The molecule has 8 heteroatoms. The second-order valence-electron chi connectivity index (χ2n) is 6.84. The third-order valence-electron chi connectivity index (χ3n) is 4.34. The van der Waals surface area contributed by atoms with Crippen molar-refractivity contribution in [3.63, 3.8) is 0 Å². The van der Waals surface area contributed by atoms with E-state index in [-0.39, 0.29) is 30.1 Å². The van der Waals surface area contributed by atoms with Gasteiger partial charge < -0.3 is 19.9 Å². The number of hydrogen-bond donors (Lipinski definition) is 1. The van der Waals surface area contributed by atoms with Crippen LogP contribution in [0.25, 0.3) is 0 Å². The molecule has 28 heavy (non-hydrogen) atoms. The van der Waals surface area contributed by atoms with Crippen LogP contribution in [-0.4, -0.2) is 67.6 Å². The van der Waals surface area contributed by atoms with Crippen LogP contribution in [0.1, 0.15) is 63.8 Å². The molecular weight excluding hydrogens is 485 g/mol. The molecule has 0 aliphatic heterocycles. The van der Waals surface area contributed by atoms with Crippen LogP contribution in [0.4, 0.5) is 0 Å². The summed E-state index contributed by atoms with van der Waals surface area (Å²) in [6, 6.07) is 0. The van der Waals surface area contributed by atoms with Crippen LogP contribution in [0.3, 0.4) is 0 Å². The van der Waals surface area contributed by atoms with Crippen molar-refractivity contribution in [2.24, 2.45) is 4.99 Å². The highest BCUT2D eigenvalue weighted by atomic mass is 127. The molecule has 0 fully saturated rings. The van der Waals surface area contributed by atoms with E-state index >= 15 is 0 Å². The van der Waals surface area contributed by atoms with E-state index in [9.17, 15) is 0 Å². The second-order valence-corrected chi connectivity index (χ2v) is 7.73. The zero-order chi connectivity index (χ0) is 20.1. The van der Waals surface area contributed by atoms with E-state index in [1.54, 1.807) is 18.4 Å². The summed E-state index contributed by atoms with van der Waals surface area (Å²) in [6.45, 7) is 14.6. The first-order chi connectivity index (χ1) is 13.0. The minimum absolute atomic E-state index is 0. The van der Waals surface area contributed by atoms with Gasteiger partial charge in [0.2, 0.25) is 0 Å². The fourth-order valence-electron chi connectivity index (χ4n) is 2.92. The number of thiazole rings is 1. The van der Waals surface area contributed by atoms with Crippen molar-refractivity contribution in [1.82, 2.24) is 20.1 Å². The number of nitrogens with zero attached hydrogens (tertiary/aromatic N) is 4. The summed E-state index contributed by atoms with van der Waals surface area (Å²) in [4.78, 5) is 14.2. The number of guanidine groups is 1. The Labute approximate surface area is 193 Å². The predicted octanol–water partition coefficient (Wildman–Crippen LogP) is 4.38. The lowest BCUT2D eigenvalue weighted by molar-refractivity contribution is 0.119. The molecule has 1 N–H and O–H groups in total. The van der Waals surface area contributed by atoms with Gasteiger partial charge in [0.25, 0.3) is 0 Å². The van der Waals surface area contributed by atoms with Crippen molar-refractivity contribution < 1.29 is 4.74 Å². The van der Waals surface area contributed by atoms with E-state index in [0.29, 0.717) is 0 Å². The number of hydrogen-bond acceptors (Lipinski definition) is 5. The van der Waals surface area contributed by atoms with Gasteiger partial charge in [-0.3, -0.25) is 4.99 Å². The van der Waals surface area contributed by atoms with Gasteiger partial charge in [0.15, 0.2) is 5.96 Å². The molecule has 0 aliphatic rings. The summed E-state index contributed by atoms with van der Waals surface area (Å²) in [5.41, 5.74) is 1.06. The third kappa shape index (κ3) is 10.4. The Morgan fingerprint density at radius 2 is 1.93 bits per heavy atom. The molecular formula is C20H40IN5OS. The van der Waals surface area contributed by atoms with Crippen molar-refractivity contribution >= 4 is 41.3 Å². The molecule has 1 unspecified atom stereocenters. The summed E-state index contributed by atoms with van der Waals surface area (Å²) in [7, 11) is 3.79. The zero-order valence-corrected chi connectivity index (χ0v) is 21.7. The van der Waals surface area contributed by atoms with Crippen molar-refractivity contribution in [1.29, 1.82) is 0 Å². The summed E-state index contributed by atoms with van der Waals surface area (Å²) < 4.78 is 5.35. The SMILES string of the molecule is CCCN(CCC)CCCN=C(NCC)N(C)Cc1csc(C(C)OC)n1.I.